The Morgan fingerprint density at radius 1 is 0.500 bits per heavy atom. The molecule has 2 aromatic carbocycles. The molecule has 106 heavy (non-hydrogen) atoms. The number of aliphatic carboxylic acids is 1. The van der Waals surface area contributed by atoms with Gasteiger partial charge in [0.05, 0.1) is 29.7 Å². The summed E-state index contributed by atoms with van der Waals surface area (Å²) in [5, 5.41) is 70.9. The summed E-state index contributed by atoms with van der Waals surface area (Å²) in [5.74, 6) is -11.4. The number of carboxylic acids is 1. The Morgan fingerprint density at radius 3 is 1.37 bits per heavy atom. The SMILES string of the molecule is CC[C@H](C)[C@H](NC(=O)[C@@H](NC(=O)[C@H](CSC(C)c1cc2c(cc1[N+](=O)[O-])oc1ccccc12)NC(=O)[C@H](CCCCN)NC(=O)[C@@H](NC(=O)[C@H](CCCCN)NC(=O)[C@H](CO)NC(=O)[C@H](CCCCN)NC(=O)[C@H](CCCCN)NC(=O)[C@@H](N)CCCCN)[C@@H](C)O)C(C)C)C(=O)N[C@@H](CCSC)C(=O)O. The lowest BCUT2D eigenvalue weighted by Crippen LogP contribution is -2.63. The van der Waals surface area contributed by atoms with Crippen LogP contribution in [0.5, 0.6) is 0 Å². The van der Waals surface area contributed by atoms with E-state index in [0.717, 1.165) is 11.8 Å². The van der Waals surface area contributed by atoms with Gasteiger partial charge in [-0.05, 0) is 179 Å². The first-order chi connectivity index (χ1) is 50.5. The Morgan fingerprint density at radius 2 is 0.906 bits per heavy atom. The number of aliphatic hydroxyl groups excluding tert-OH is 2. The van der Waals surface area contributed by atoms with Crippen molar-refractivity contribution >= 4 is 116 Å². The average Bonchev–Trinajstić information content (AvgIpc) is 1.61. The van der Waals surface area contributed by atoms with Gasteiger partial charge in [-0.1, -0.05) is 58.7 Å². The minimum absolute atomic E-state index is 0.00625. The maximum atomic E-state index is 15.0. The molecule has 0 fully saturated rings. The number of carboxylic acid groups (broad SMARTS) is 1. The normalized spacial score (nSPS) is 15.5. The molecule has 10 amide bonds. The van der Waals surface area contributed by atoms with Crippen molar-refractivity contribution in [3.05, 3.63) is 52.1 Å². The zero-order valence-corrected chi connectivity index (χ0v) is 63.7. The number of furan rings is 1. The summed E-state index contributed by atoms with van der Waals surface area (Å²) in [7, 11) is 0. The molecule has 3 aromatic rings. The second-order valence-electron chi connectivity index (χ2n) is 26.8. The molecule has 1 heterocycles. The van der Waals surface area contributed by atoms with Crippen LogP contribution in [0.1, 0.15) is 162 Å². The van der Waals surface area contributed by atoms with Crippen molar-refractivity contribution in [3.8, 4) is 0 Å². The lowest BCUT2D eigenvalue weighted by atomic mass is 9.96. The molecular weight excluding hydrogens is 1420 g/mol. The summed E-state index contributed by atoms with van der Waals surface area (Å²) in [6.07, 6.45) is 4.64. The Labute approximate surface area is 627 Å². The summed E-state index contributed by atoms with van der Waals surface area (Å²) < 4.78 is 5.95. The van der Waals surface area contributed by atoms with Gasteiger partial charge < -0.3 is 107 Å². The van der Waals surface area contributed by atoms with Gasteiger partial charge in [0.25, 0.3) is 5.69 Å². The first-order valence-electron chi connectivity index (χ1n) is 36.5. The average molecular weight is 1530 g/mol. The van der Waals surface area contributed by atoms with E-state index in [0.29, 0.717) is 99.4 Å². The third-order valence-electron chi connectivity index (χ3n) is 18.1. The zero-order chi connectivity index (χ0) is 79.2. The van der Waals surface area contributed by atoms with Gasteiger partial charge >= 0.3 is 5.97 Å². The number of nitro benzene ring substituents is 1. The number of nitrogens with two attached hydrogens (primary N) is 6. The van der Waals surface area contributed by atoms with E-state index in [4.69, 9.17) is 38.8 Å². The third kappa shape index (κ3) is 30.4. The molecule has 0 saturated carbocycles. The van der Waals surface area contributed by atoms with Crippen LogP contribution < -0.4 is 87.6 Å². The van der Waals surface area contributed by atoms with E-state index in [2.05, 4.69) is 53.2 Å². The Balaban J connectivity index is 2.04. The number of nitro groups is 1. The highest BCUT2D eigenvalue weighted by Crippen LogP contribution is 2.40. The van der Waals surface area contributed by atoms with Crippen LogP contribution in [0.4, 0.5) is 5.69 Å². The van der Waals surface area contributed by atoms with Gasteiger partial charge in [-0.3, -0.25) is 58.1 Å². The van der Waals surface area contributed by atoms with E-state index >= 15 is 0 Å². The van der Waals surface area contributed by atoms with Crippen LogP contribution >= 0.6 is 23.5 Å². The number of hydrogen-bond acceptors (Lipinski definition) is 24. The molecule has 25 N–H and O–H groups in total. The number of aliphatic hydroxyl groups is 2. The second-order valence-corrected chi connectivity index (χ2v) is 29.2. The first kappa shape index (κ1) is 92.4. The van der Waals surface area contributed by atoms with E-state index in [9.17, 15) is 78.2 Å². The number of para-hydroxylation sites is 1. The van der Waals surface area contributed by atoms with Gasteiger partial charge in [-0.2, -0.15) is 23.5 Å². The molecule has 1 aromatic heterocycles. The van der Waals surface area contributed by atoms with E-state index in [1.807, 2.05) is 0 Å². The Kier molecular flexibility index (Phi) is 42.9. The predicted molar refractivity (Wildman–Crippen MR) is 407 cm³/mol. The zero-order valence-electron chi connectivity index (χ0n) is 62.1. The molecule has 0 spiro atoms. The number of thioether (sulfide) groups is 2. The lowest BCUT2D eigenvalue weighted by molar-refractivity contribution is -0.385. The number of carbonyl (C=O) groups is 11. The quantitative estimate of drug-likeness (QED) is 0.0201. The van der Waals surface area contributed by atoms with Crippen molar-refractivity contribution in [2.24, 2.45) is 46.2 Å². The Bertz CT molecular complexity index is 3330. The number of unbranched alkanes of at least 4 members (excludes halogenated alkanes) is 5. The highest BCUT2D eigenvalue weighted by molar-refractivity contribution is 7.99. The molecule has 0 aliphatic heterocycles. The third-order valence-corrected chi connectivity index (χ3v) is 20.0. The maximum absolute atomic E-state index is 15.0. The van der Waals surface area contributed by atoms with E-state index < -0.39 is 166 Å². The van der Waals surface area contributed by atoms with Crippen LogP contribution in [0.2, 0.25) is 0 Å². The van der Waals surface area contributed by atoms with Gasteiger partial charge in [0, 0.05) is 27.3 Å². The molecule has 0 bridgehead atoms. The summed E-state index contributed by atoms with van der Waals surface area (Å²) in [4.78, 5) is 167. The molecular formula is C70H117N17O17S2. The maximum Gasteiger partial charge on any atom is 0.326 e. The smallest absolute Gasteiger partial charge is 0.326 e. The van der Waals surface area contributed by atoms with Gasteiger partial charge in [0.2, 0.25) is 59.1 Å². The number of nitrogens with zero attached hydrogens (tertiary/aromatic N) is 1. The fraction of sp³-hybridized carbons (Fsp3) is 0.671. The summed E-state index contributed by atoms with van der Waals surface area (Å²) in [6, 6.07) is -5.73. The number of nitrogens with one attached hydrogen (secondary N) is 10. The number of rotatable bonds is 54. The van der Waals surface area contributed by atoms with Crippen molar-refractivity contribution in [3.63, 3.8) is 0 Å². The molecule has 3 rings (SSSR count). The molecule has 0 saturated heterocycles. The van der Waals surface area contributed by atoms with Crippen LogP contribution in [0, 0.1) is 22.0 Å². The molecule has 36 heteroatoms. The molecule has 0 aliphatic carbocycles. The summed E-state index contributed by atoms with van der Waals surface area (Å²) in [6.45, 7) is 9.71. The number of hydrogen-bond donors (Lipinski definition) is 19. The van der Waals surface area contributed by atoms with Crippen molar-refractivity contribution in [1.82, 2.24) is 53.2 Å². The Hall–Kier alpha value is -7.81. The molecule has 0 aliphatic rings. The molecule has 34 nitrogen and oxygen atoms in total. The van der Waals surface area contributed by atoms with Crippen LogP contribution in [0.3, 0.4) is 0 Å². The fourth-order valence-corrected chi connectivity index (χ4v) is 13.0. The fourth-order valence-electron chi connectivity index (χ4n) is 11.4. The summed E-state index contributed by atoms with van der Waals surface area (Å²) >= 11 is 2.40. The van der Waals surface area contributed by atoms with Gasteiger partial charge in [0.15, 0.2) is 0 Å². The molecule has 1 unspecified atom stereocenters. The van der Waals surface area contributed by atoms with Crippen LogP contribution in [0.15, 0.2) is 40.8 Å². The number of amides is 10. The van der Waals surface area contributed by atoms with Crippen LogP contribution in [-0.4, -0.2) is 215 Å². The van der Waals surface area contributed by atoms with Crippen molar-refractivity contribution < 1.29 is 77.4 Å². The van der Waals surface area contributed by atoms with Crippen molar-refractivity contribution in [2.45, 2.75) is 229 Å². The standard InChI is InChI=1S/C70H117N17O17S2/c1-8-40(4)58(68(98)81-51(70(100)101)28-34-105-7)85-67(97)57(39(2)3)84-66(96)53(38-106-42(6)44-35-45-43-21-9-10-27-55(43)104-56(45)36-54(44)87(102)103)83-63(93)49(25-14-19-32-74)80-69(99)59(41(5)89)86-64(94)50(26-15-20-33-75)79-65(95)52(37-88)82-62(92)48(24-13-18-31-73)78-61(91)47(23-12-17-30-72)77-60(90)46(76)22-11-16-29-71/h9-10,21,27,35-36,39-42,46-53,57-59,88-89H,8,11-20,22-26,28-34,37-38,71-76H2,1-7H3,(H,77,90)(H,78,91)(H,79,95)(H,80,99)(H,81,98)(H,82,92)(H,83,93)(H,84,96)(H,85,97)(H,86,94)(H,100,101)/t40-,41+,42?,46-,47-,48-,49-,50-,51-,52-,53-,57-,58-,59-/m0/s1. The molecule has 14 atom stereocenters. The summed E-state index contributed by atoms with van der Waals surface area (Å²) in [5.41, 5.74) is 35.6. The topological polar surface area (TPSA) is 581 Å². The first-order valence-corrected chi connectivity index (χ1v) is 38.9. The lowest BCUT2D eigenvalue weighted by Gasteiger charge is -2.30. The second kappa shape index (κ2) is 49.2. The van der Waals surface area contributed by atoms with Crippen LogP contribution in [0.25, 0.3) is 21.9 Å². The van der Waals surface area contributed by atoms with Crippen LogP contribution in [-0.2, 0) is 52.7 Å². The molecule has 0 radical (unpaired) electrons. The molecule has 596 valence electrons. The monoisotopic (exact) mass is 1530 g/mol. The number of carbonyl (C=O) groups excluding carboxylic acids is 10. The van der Waals surface area contributed by atoms with Crippen molar-refractivity contribution in [1.29, 1.82) is 0 Å². The largest absolute Gasteiger partial charge is 0.480 e. The van der Waals surface area contributed by atoms with E-state index in [-0.39, 0.29) is 87.2 Å². The number of benzene rings is 2. The highest BCUT2D eigenvalue weighted by atomic mass is 32.2. The van der Waals surface area contributed by atoms with Gasteiger partial charge in [-0.25, -0.2) is 4.79 Å². The van der Waals surface area contributed by atoms with Gasteiger partial charge in [0.1, 0.15) is 71.6 Å². The minimum Gasteiger partial charge on any atom is -0.480 e. The highest BCUT2D eigenvalue weighted by Gasteiger charge is 2.39. The number of fused-ring (bicyclic) bond motifs is 3. The van der Waals surface area contributed by atoms with E-state index in [1.165, 1.54) is 24.8 Å². The minimum atomic E-state index is -1.86. The van der Waals surface area contributed by atoms with Crippen molar-refractivity contribution in [2.75, 3.05) is 57.1 Å². The predicted octanol–water partition coefficient (Wildman–Crippen LogP) is 0.0216. The van der Waals surface area contributed by atoms with E-state index in [1.54, 1.807) is 71.2 Å². The van der Waals surface area contributed by atoms with Gasteiger partial charge in [-0.15, -0.1) is 0 Å².